The number of likely N-dealkylation sites (tertiary alicyclic amines) is 1. The van der Waals surface area contributed by atoms with Crippen molar-refractivity contribution in [3.05, 3.63) is 47.4 Å². The number of pyridine rings is 1. The largest absolute Gasteiger partial charge is 0.378 e. The highest BCUT2D eigenvalue weighted by molar-refractivity contribution is 5.60. The third-order valence-corrected chi connectivity index (χ3v) is 5.92. The van der Waals surface area contributed by atoms with Crippen molar-refractivity contribution in [2.75, 3.05) is 25.0 Å². The predicted octanol–water partition coefficient (Wildman–Crippen LogP) is 2.06. The van der Waals surface area contributed by atoms with Crippen molar-refractivity contribution in [3.63, 3.8) is 0 Å². The second-order valence-corrected chi connectivity index (χ2v) is 7.91. The lowest BCUT2D eigenvalue weighted by atomic mass is 9.70. The van der Waals surface area contributed by atoms with Crippen LogP contribution in [0.1, 0.15) is 23.1 Å². The van der Waals surface area contributed by atoms with E-state index in [1.165, 1.54) is 6.07 Å². The Bertz CT molecular complexity index is 1090. The first kappa shape index (κ1) is 18.7. The molecule has 1 spiro atoms. The number of aryl methyl sites for hydroxylation is 2. The second kappa shape index (κ2) is 6.91. The van der Waals surface area contributed by atoms with E-state index in [9.17, 15) is 9.18 Å². The van der Waals surface area contributed by atoms with Gasteiger partial charge in [-0.15, -0.1) is 0 Å². The van der Waals surface area contributed by atoms with Crippen LogP contribution in [0.2, 0.25) is 0 Å². The summed E-state index contributed by atoms with van der Waals surface area (Å²) < 4.78 is 26.3. The van der Waals surface area contributed by atoms with Gasteiger partial charge in [0.25, 0.3) is 0 Å². The van der Waals surface area contributed by atoms with Crippen LogP contribution in [-0.2, 0) is 23.1 Å². The number of aromatic nitrogens is 4. The summed E-state index contributed by atoms with van der Waals surface area (Å²) in [6.07, 6.45) is 3.68. The summed E-state index contributed by atoms with van der Waals surface area (Å²) in [4.78, 5) is 16.8. The Balaban J connectivity index is 1.37. The van der Waals surface area contributed by atoms with Crippen LogP contribution >= 0.6 is 0 Å². The molecule has 3 aromatic heterocycles. The summed E-state index contributed by atoms with van der Waals surface area (Å²) in [5.74, 6) is 0.253. The van der Waals surface area contributed by atoms with E-state index in [0.717, 1.165) is 29.6 Å². The number of hydrogen-bond donors (Lipinski definition) is 1. The molecule has 1 unspecified atom stereocenters. The van der Waals surface area contributed by atoms with Gasteiger partial charge in [0.1, 0.15) is 23.4 Å². The normalized spacial score (nSPS) is 19.4. The minimum Gasteiger partial charge on any atom is -0.378 e. The molecule has 3 aromatic rings. The van der Waals surface area contributed by atoms with Gasteiger partial charge in [0, 0.05) is 32.2 Å². The van der Waals surface area contributed by atoms with Gasteiger partial charge in [0.2, 0.25) is 6.41 Å². The van der Waals surface area contributed by atoms with E-state index in [0.29, 0.717) is 43.4 Å². The van der Waals surface area contributed by atoms with Crippen LogP contribution < -0.4 is 5.32 Å². The summed E-state index contributed by atoms with van der Waals surface area (Å²) in [7, 11) is 1.88. The molecule has 2 fully saturated rings. The fourth-order valence-corrected chi connectivity index (χ4v) is 4.26. The molecule has 2 aliphatic heterocycles. The second-order valence-electron chi connectivity index (χ2n) is 7.91. The Kier molecular flexibility index (Phi) is 4.31. The van der Waals surface area contributed by atoms with Crippen LogP contribution in [0.5, 0.6) is 0 Å². The number of rotatable bonds is 6. The Morgan fingerprint density at radius 1 is 1.37 bits per heavy atom. The van der Waals surface area contributed by atoms with Crippen molar-refractivity contribution in [1.29, 1.82) is 0 Å². The zero-order chi connectivity index (χ0) is 20.9. The zero-order valence-corrected chi connectivity index (χ0v) is 16.6. The molecule has 10 heteroatoms. The van der Waals surface area contributed by atoms with Gasteiger partial charge < -0.3 is 19.5 Å². The average Bonchev–Trinajstić information content (AvgIpc) is 3.22. The van der Waals surface area contributed by atoms with Gasteiger partial charge in [-0.3, -0.25) is 14.5 Å². The number of nitrogens with one attached hydrogen (secondary N) is 1. The van der Waals surface area contributed by atoms with Gasteiger partial charge in [0.15, 0.2) is 0 Å². The smallest absolute Gasteiger partial charge is 0.209 e. The molecule has 5 rings (SSSR count). The molecule has 5 heterocycles. The quantitative estimate of drug-likeness (QED) is 0.619. The molecular formula is C20H21FN6O3. The highest BCUT2D eigenvalue weighted by Gasteiger charge is 2.58. The number of carbonyl (C=O) groups excluding carboxylic acids is 1. The van der Waals surface area contributed by atoms with Gasteiger partial charge in [0.05, 0.1) is 41.5 Å². The molecule has 2 aliphatic rings. The zero-order valence-electron chi connectivity index (χ0n) is 16.6. The van der Waals surface area contributed by atoms with E-state index in [2.05, 4.69) is 20.6 Å². The highest BCUT2D eigenvalue weighted by Crippen LogP contribution is 2.53. The molecule has 0 bridgehead atoms. The maximum Gasteiger partial charge on any atom is 0.209 e. The van der Waals surface area contributed by atoms with Crippen LogP contribution in [0.3, 0.4) is 0 Å². The molecule has 156 valence electrons. The third-order valence-electron chi connectivity index (χ3n) is 5.92. The summed E-state index contributed by atoms with van der Waals surface area (Å²) in [5.41, 5.74) is 3.71. The van der Waals surface area contributed by atoms with Crippen molar-refractivity contribution < 1.29 is 18.4 Å². The maximum absolute atomic E-state index is 13.2. The van der Waals surface area contributed by atoms with Gasteiger partial charge in [-0.1, -0.05) is 5.16 Å². The molecule has 1 N–H and O–H groups in total. The van der Waals surface area contributed by atoms with Crippen molar-refractivity contribution in [2.45, 2.75) is 19.6 Å². The SMILES string of the molecule is Cc1onc(-c2ccc(F)cn2)c1CNc1cnn(C)c1C1OCC12CN(C=O)C2. The number of hydrogen-bond acceptors (Lipinski definition) is 7. The van der Waals surface area contributed by atoms with Crippen molar-refractivity contribution in [3.8, 4) is 11.4 Å². The average molecular weight is 412 g/mol. The lowest BCUT2D eigenvalue weighted by Crippen LogP contribution is -2.66. The monoisotopic (exact) mass is 412 g/mol. The van der Waals surface area contributed by atoms with Crippen molar-refractivity contribution in [1.82, 2.24) is 24.8 Å². The van der Waals surface area contributed by atoms with Crippen LogP contribution in [0.25, 0.3) is 11.4 Å². The molecule has 0 radical (unpaired) electrons. The third kappa shape index (κ3) is 2.86. The van der Waals surface area contributed by atoms with Crippen molar-refractivity contribution in [2.24, 2.45) is 12.5 Å². The van der Waals surface area contributed by atoms with Gasteiger partial charge in [-0.25, -0.2) is 4.39 Å². The lowest BCUT2D eigenvalue weighted by Gasteiger charge is -2.58. The van der Waals surface area contributed by atoms with E-state index in [1.807, 2.05) is 14.0 Å². The molecule has 9 nitrogen and oxygen atoms in total. The lowest BCUT2D eigenvalue weighted by molar-refractivity contribution is -0.247. The minimum absolute atomic E-state index is 0.0402. The van der Waals surface area contributed by atoms with Gasteiger partial charge in [-0.05, 0) is 19.1 Å². The first-order chi connectivity index (χ1) is 14.5. The number of halogens is 1. The number of nitrogens with zero attached hydrogens (tertiary/aromatic N) is 5. The summed E-state index contributed by atoms with van der Waals surface area (Å²) in [6.45, 7) is 4.28. The van der Waals surface area contributed by atoms with Crippen LogP contribution in [0.4, 0.5) is 10.1 Å². The number of anilines is 1. The predicted molar refractivity (Wildman–Crippen MR) is 104 cm³/mol. The Hall–Kier alpha value is -3.27. The Labute approximate surface area is 171 Å². The van der Waals surface area contributed by atoms with E-state index in [1.54, 1.807) is 21.8 Å². The number of ether oxygens (including phenoxy) is 1. The van der Waals surface area contributed by atoms with Gasteiger partial charge in [-0.2, -0.15) is 5.10 Å². The van der Waals surface area contributed by atoms with Crippen molar-refractivity contribution >= 4 is 12.1 Å². The summed E-state index contributed by atoms with van der Waals surface area (Å²) in [6, 6.07) is 2.92. The summed E-state index contributed by atoms with van der Waals surface area (Å²) >= 11 is 0. The fraction of sp³-hybridized carbons (Fsp3) is 0.400. The molecule has 0 aromatic carbocycles. The molecule has 30 heavy (non-hydrogen) atoms. The molecule has 1 amide bonds. The maximum atomic E-state index is 13.2. The summed E-state index contributed by atoms with van der Waals surface area (Å²) in [5, 5.41) is 11.9. The minimum atomic E-state index is -0.405. The van der Waals surface area contributed by atoms with Crippen LogP contribution in [-0.4, -0.2) is 50.9 Å². The Morgan fingerprint density at radius 2 is 2.20 bits per heavy atom. The first-order valence-electron chi connectivity index (χ1n) is 9.64. The highest BCUT2D eigenvalue weighted by atomic mass is 19.1. The first-order valence-corrected chi connectivity index (χ1v) is 9.64. The van der Waals surface area contributed by atoms with Crippen LogP contribution in [0.15, 0.2) is 29.0 Å². The number of carbonyl (C=O) groups is 1. The molecule has 2 saturated heterocycles. The van der Waals surface area contributed by atoms with Gasteiger partial charge >= 0.3 is 0 Å². The standard InChI is InChI=1S/C20H21FN6O3/c1-12-14(17(25-30-12)15-4-3-13(21)5-22-15)6-23-16-7-24-26(2)18(16)19-20(10-29-19)8-27(9-20)11-28/h3-5,7,11,19,23H,6,8-10H2,1-2H3. The molecule has 0 saturated carbocycles. The van der Waals surface area contributed by atoms with E-state index in [4.69, 9.17) is 9.26 Å². The van der Waals surface area contributed by atoms with E-state index in [-0.39, 0.29) is 11.5 Å². The topological polar surface area (TPSA) is 98.3 Å². The molecular weight excluding hydrogens is 391 g/mol. The van der Waals surface area contributed by atoms with Crippen LogP contribution in [0, 0.1) is 18.2 Å². The van der Waals surface area contributed by atoms with E-state index >= 15 is 0 Å². The number of amides is 1. The molecule has 1 atom stereocenters. The fourth-order valence-electron chi connectivity index (χ4n) is 4.26. The van der Waals surface area contributed by atoms with E-state index < -0.39 is 5.82 Å². The molecule has 0 aliphatic carbocycles. The Morgan fingerprint density at radius 3 is 2.87 bits per heavy atom.